The first-order valence-corrected chi connectivity index (χ1v) is 4.79. The van der Waals surface area contributed by atoms with Gasteiger partial charge in [0.1, 0.15) is 17.1 Å². The predicted octanol–water partition coefficient (Wildman–Crippen LogP) is 3.19. The van der Waals surface area contributed by atoms with E-state index in [1.165, 1.54) is 0 Å². The largest absolute Gasteiger partial charge is 0.507 e. The highest BCUT2D eigenvalue weighted by atomic mass is 16.5. The van der Waals surface area contributed by atoms with Crippen molar-refractivity contribution in [2.24, 2.45) is 0 Å². The van der Waals surface area contributed by atoms with E-state index in [9.17, 15) is 5.11 Å². The molecule has 1 aromatic carbocycles. The number of rotatable bonds is 1. The summed E-state index contributed by atoms with van der Waals surface area (Å²) in [5.41, 5.74) is 1.45. The molecule has 0 aliphatic heterocycles. The first kappa shape index (κ1) is 10.9. The Hall–Kier alpha value is -1.18. The maximum Gasteiger partial charge on any atom is 0.126 e. The van der Waals surface area contributed by atoms with Gasteiger partial charge in [0, 0.05) is 5.56 Å². The molecule has 14 heavy (non-hydrogen) atoms. The molecule has 0 fully saturated rings. The molecular weight excluding hydrogens is 176 g/mol. The first-order valence-electron chi connectivity index (χ1n) is 4.79. The lowest BCUT2D eigenvalue weighted by atomic mass is 10.1. The zero-order chi connectivity index (χ0) is 10.9. The summed E-state index contributed by atoms with van der Waals surface area (Å²) >= 11 is 0. The lowest BCUT2D eigenvalue weighted by Crippen LogP contribution is -2.23. The molecule has 0 heterocycles. The van der Waals surface area contributed by atoms with E-state index < -0.39 is 0 Å². The quantitative estimate of drug-likeness (QED) is 0.744. The van der Waals surface area contributed by atoms with Crippen LogP contribution in [0.4, 0.5) is 0 Å². The average molecular weight is 194 g/mol. The topological polar surface area (TPSA) is 29.5 Å². The Balaban J connectivity index is 3.06. The third kappa shape index (κ3) is 2.41. The van der Waals surface area contributed by atoms with Gasteiger partial charge in [-0.1, -0.05) is 6.07 Å². The number of hydrogen-bond acceptors (Lipinski definition) is 2. The molecule has 0 atom stereocenters. The van der Waals surface area contributed by atoms with Crippen molar-refractivity contribution in [3.63, 3.8) is 0 Å². The van der Waals surface area contributed by atoms with Crippen molar-refractivity contribution in [1.29, 1.82) is 0 Å². The van der Waals surface area contributed by atoms with Crippen molar-refractivity contribution in [2.75, 3.05) is 0 Å². The van der Waals surface area contributed by atoms with E-state index in [0.29, 0.717) is 5.75 Å². The summed E-state index contributed by atoms with van der Waals surface area (Å²) in [6, 6.07) is 3.76. The number of hydrogen-bond donors (Lipinski definition) is 1. The van der Waals surface area contributed by atoms with Gasteiger partial charge in [-0.3, -0.25) is 0 Å². The number of phenolic OH excluding ortho intramolecular Hbond substituents is 1. The number of ether oxygens (including phenoxy) is 1. The molecule has 0 unspecified atom stereocenters. The van der Waals surface area contributed by atoms with Crippen molar-refractivity contribution in [3.05, 3.63) is 23.3 Å². The van der Waals surface area contributed by atoms with E-state index in [-0.39, 0.29) is 5.60 Å². The van der Waals surface area contributed by atoms with Gasteiger partial charge in [-0.2, -0.15) is 0 Å². The molecule has 0 saturated heterocycles. The molecular formula is C12H18O2. The van der Waals surface area contributed by atoms with E-state index in [0.717, 1.165) is 16.9 Å². The van der Waals surface area contributed by atoms with Crippen LogP contribution in [0.1, 0.15) is 31.9 Å². The van der Waals surface area contributed by atoms with Crippen LogP contribution in [0, 0.1) is 13.8 Å². The third-order valence-electron chi connectivity index (χ3n) is 2.00. The van der Waals surface area contributed by atoms with Crippen molar-refractivity contribution in [2.45, 2.75) is 40.2 Å². The van der Waals surface area contributed by atoms with Crippen LogP contribution in [0.5, 0.6) is 11.5 Å². The van der Waals surface area contributed by atoms with Crippen LogP contribution < -0.4 is 4.74 Å². The molecule has 1 N–H and O–H groups in total. The Kier molecular flexibility index (Phi) is 2.74. The fourth-order valence-electron chi connectivity index (χ4n) is 1.26. The second-order valence-electron chi connectivity index (χ2n) is 4.57. The summed E-state index contributed by atoms with van der Waals surface area (Å²) < 4.78 is 5.71. The van der Waals surface area contributed by atoms with Crippen LogP contribution in [0.15, 0.2) is 12.1 Å². The van der Waals surface area contributed by atoms with Crippen molar-refractivity contribution in [1.82, 2.24) is 0 Å². The molecule has 0 aliphatic rings. The normalized spacial score (nSPS) is 11.5. The van der Waals surface area contributed by atoms with E-state index in [1.807, 2.05) is 46.8 Å². The maximum absolute atomic E-state index is 9.70. The monoisotopic (exact) mass is 194 g/mol. The Morgan fingerprint density at radius 2 is 1.71 bits per heavy atom. The van der Waals surface area contributed by atoms with Gasteiger partial charge in [0.25, 0.3) is 0 Å². The number of benzene rings is 1. The fourth-order valence-corrected chi connectivity index (χ4v) is 1.26. The highest BCUT2D eigenvalue weighted by Crippen LogP contribution is 2.31. The Morgan fingerprint density at radius 1 is 1.14 bits per heavy atom. The average Bonchev–Trinajstić information content (AvgIpc) is 2.04. The SMILES string of the molecule is Cc1ccc(OC(C)(C)C)c(C)c1O. The summed E-state index contributed by atoms with van der Waals surface area (Å²) in [6.45, 7) is 9.71. The number of phenols is 1. The zero-order valence-corrected chi connectivity index (χ0v) is 9.51. The highest BCUT2D eigenvalue weighted by Gasteiger charge is 2.15. The molecule has 2 nitrogen and oxygen atoms in total. The molecule has 2 heteroatoms. The Labute approximate surface area is 85.5 Å². The zero-order valence-electron chi connectivity index (χ0n) is 9.51. The lowest BCUT2D eigenvalue weighted by molar-refractivity contribution is 0.129. The van der Waals surface area contributed by atoms with Gasteiger partial charge < -0.3 is 9.84 Å². The number of aryl methyl sites for hydroxylation is 1. The van der Waals surface area contributed by atoms with Crippen LogP contribution in [-0.4, -0.2) is 10.7 Å². The highest BCUT2D eigenvalue weighted by molar-refractivity contribution is 5.47. The van der Waals surface area contributed by atoms with Gasteiger partial charge >= 0.3 is 0 Å². The molecule has 0 saturated carbocycles. The second-order valence-corrected chi connectivity index (χ2v) is 4.57. The van der Waals surface area contributed by atoms with Crippen LogP contribution in [-0.2, 0) is 0 Å². The maximum atomic E-state index is 9.70. The molecule has 78 valence electrons. The van der Waals surface area contributed by atoms with E-state index >= 15 is 0 Å². The van der Waals surface area contributed by atoms with Gasteiger partial charge in [-0.25, -0.2) is 0 Å². The second kappa shape index (κ2) is 3.52. The Bertz CT molecular complexity index is 335. The van der Waals surface area contributed by atoms with E-state index in [2.05, 4.69) is 0 Å². The van der Waals surface area contributed by atoms with E-state index in [1.54, 1.807) is 0 Å². The minimum atomic E-state index is -0.230. The van der Waals surface area contributed by atoms with Crippen LogP contribution >= 0.6 is 0 Å². The minimum absolute atomic E-state index is 0.230. The van der Waals surface area contributed by atoms with Crippen molar-refractivity contribution in [3.8, 4) is 11.5 Å². The molecule has 0 amide bonds. The number of aromatic hydroxyl groups is 1. The van der Waals surface area contributed by atoms with Crippen molar-refractivity contribution >= 4 is 0 Å². The van der Waals surface area contributed by atoms with Gasteiger partial charge in [-0.15, -0.1) is 0 Å². The van der Waals surface area contributed by atoms with Crippen molar-refractivity contribution < 1.29 is 9.84 Å². The Morgan fingerprint density at radius 3 is 2.21 bits per heavy atom. The molecule has 0 bridgehead atoms. The smallest absolute Gasteiger partial charge is 0.126 e. The predicted molar refractivity (Wildman–Crippen MR) is 58.0 cm³/mol. The van der Waals surface area contributed by atoms with Gasteiger partial charge in [0.05, 0.1) is 0 Å². The van der Waals surface area contributed by atoms with Gasteiger partial charge in [0.15, 0.2) is 0 Å². The van der Waals surface area contributed by atoms with E-state index in [4.69, 9.17) is 4.74 Å². The summed E-state index contributed by atoms with van der Waals surface area (Å²) in [5.74, 6) is 1.08. The van der Waals surface area contributed by atoms with Crippen LogP contribution in [0.25, 0.3) is 0 Å². The summed E-state index contributed by atoms with van der Waals surface area (Å²) in [4.78, 5) is 0. The van der Waals surface area contributed by atoms with Gasteiger partial charge in [0.2, 0.25) is 0 Å². The summed E-state index contributed by atoms with van der Waals surface area (Å²) in [6.07, 6.45) is 0. The molecule has 1 aromatic rings. The fraction of sp³-hybridized carbons (Fsp3) is 0.500. The first-order chi connectivity index (χ1) is 6.31. The van der Waals surface area contributed by atoms with Crippen LogP contribution in [0.3, 0.4) is 0 Å². The van der Waals surface area contributed by atoms with Crippen LogP contribution in [0.2, 0.25) is 0 Å². The molecule has 1 rings (SSSR count). The molecule has 0 aromatic heterocycles. The molecule has 0 spiro atoms. The van der Waals surface area contributed by atoms with Gasteiger partial charge in [-0.05, 0) is 46.2 Å². The molecule has 0 aliphatic carbocycles. The summed E-state index contributed by atoms with van der Waals surface area (Å²) in [5, 5.41) is 9.70. The minimum Gasteiger partial charge on any atom is -0.507 e. The lowest BCUT2D eigenvalue weighted by Gasteiger charge is -2.23. The third-order valence-corrected chi connectivity index (χ3v) is 2.00. The molecule has 0 radical (unpaired) electrons. The standard InChI is InChI=1S/C12H18O2/c1-8-6-7-10(9(2)11(8)13)14-12(3,4)5/h6-7,13H,1-5H3. The summed E-state index contributed by atoms with van der Waals surface area (Å²) in [7, 11) is 0.